The van der Waals surface area contributed by atoms with Gasteiger partial charge in [-0.1, -0.05) is 18.2 Å². The molecular weight excluding hydrogens is 453 g/mol. The number of ether oxygens (including phenoxy) is 1. The Morgan fingerprint density at radius 3 is 2.57 bits per heavy atom. The molecule has 0 radical (unpaired) electrons. The van der Waals surface area contributed by atoms with Crippen LogP contribution in [-0.4, -0.2) is 32.4 Å². The van der Waals surface area contributed by atoms with E-state index >= 15 is 0 Å². The average Bonchev–Trinajstić information content (AvgIpc) is 3.47. The number of esters is 1. The smallest absolute Gasteiger partial charge is 0.315 e. The molecule has 0 fully saturated rings. The lowest BCUT2D eigenvalue weighted by atomic mass is 10.1. The van der Waals surface area contributed by atoms with E-state index in [1.807, 2.05) is 0 Å². The summed E-state index contributed by atoms with van der Waals surface area (Å²) in [5.74, 6) is -1.09. The SMILES string of the molecule is Cc1ccc(CNC(=O)c2cc(C(=O)NCc3ccc4c(c3)CC(=O)O4)nc3ccnn23)cc1F. The lowest BCUT2D eigenvalue weighted by Crippen LogP contribution is -2.28. The average molecular weight is 473 g/mol. The first-order valence-corrected chi connectivity index (χ1v) is 10.9. The van der Waals surface area contributed by atoms with Gasteiger partial charge in [0.25, 0.3) is 11.8 Å². The molecule has 0 saturated heterocycles. The molecular formula is C25H20FN5O4. The molecule has 2 aromatic heterocycles. The largest absolute Gasteiger partial charge is 0.426 e. The van der Waals surface area contributed by atoms with E-state index in [1.54, 1.807) is 43.3 Å². The van der Waals surface area contributed by atoms with Gasteiger partial charge in [0.2, 0.25) is 0 Å². The normalized spacial score (nSPS) is 12.3. The van der Waals surface area contributed by atoms with Crippen molar-refractivity contribution in [2.75, 3.05) is 0 Å². The van der Waals surface area contributed by atoms with E-state index in [1.165, 1.54) is 22.8 Å². The topological polar surface area (TPSA) is 115 Å². The first-order valence-electron chi connectivity index (χ1n) is 10.9. The number of halogens is 1. The Morgan fingerprint density at radius 2 is 1.77 bits per heavy atom. The van der Waals surface area contributed by atoms with Crippen LogP contribution in [0.1, 0.15) is 43.2 Å². The minimum Gasteiger partial charge on any atom is -0.426 e. The summed E-state index contributed by atoms with van der Waals surface area (Å²) in [5.41, 5.74) is 3.18. The van der Waals surface area contributed by atoms with Crippen LogP contribution in [0.25, 0.3) is 5.65 Å². The summed E-state index contributed by atoms with van der Waals surface area (Å²) in [4.78, 5) is 41.5. The second-order valence-corrected chi connectivity index (χ2v) is 8.17. The third-order valence-electron chi connectivity index (χ3n) is 5.65. The van der Waals surface area contributed by atoms with Gasteiger partial charge in [-0.25, -0.2) is 13.9 Å². The van der Waals surface area contributed by atoms with Crippen molar-refractivity contribution in [2.45, 2.75) is 26.4 Å². The number of amides is 2. The molecule has 1 aliphatic rings. The number of nitrogens with one attached hydrogen (secondary N) is 2. The predicted molar refractivity (Wildman–Crippen MR) is 122 cm³/mol. The zero-order valence-electron chi connectivity index (χ0n) is 18.7. The van der Waals surface area contributed by atoms with E-state index in [2.05, 4.69) is 20.7 Å². The van der Waals surface area contributed by atoms with Gasteiger partial charge in [0.15, 0.2) is 5.65 Å². The zero-order chi connectivity index (χ0) is 24.5. The number of fused-ring (bicyclic) bond motifs is 2. The molecule has 0 saturated carbocycles. The summed E-state index contributed by atoms with van der Waals surface area (Å²) < 4.78 is 20.2. The van der Waals surface area contributed by atoms with Gasteiger partial charge in [-0.3, -0.25) is 14.4 Å². The molecule has 176 valence electrons. The number of carbonyl (C=O) groups is 3. The van der Waals surface area contributed by atoms with Crippen LogP contribution in [0.2, 0.25) is 0 Å². The van der Waals surface area contributed by atoms with Crippen molar-refractivity contribution in [2.24, 2.45) is 0 Å². The second-order valence-electron chi connectivity index (χ2n) is 8.17. The van der Waals surface area contributed by atoms with Crippen molar-refractivity contribution >= 4 is 23.4 Å². The van der Waals surface area contributed by atoms with E-state index in [4.69, 9.17) is 4.74 Å². The highest BCUT2D eigenvalue weighted by Crippen LogP contribution is 2.26. The fourth-order valence-electron chi connectivity index (χ4n) is 3.78. The first-order chi connectivity index (χ1) is 16.9. The van der Waals surface area contributed by atoms with Gasteiger partial charge in [-0.15, -0.1) is 0 Å². The van der Waals surface area contributed by atoms with Crippen molar-refractivity contribution in [3.8, 4) is 5.75 Å². The number of carbonyl (C=O) groups excluding carboxylic acids is 3. The molecule has 2 amide bonds. The Labute approximate surface area is 198 Å². The molecule has 0 unspecified atom stereocenters. The molecule has 0 aliphatic carbocycles. The maximum absolute atomic E-state index is 13.8. The number of hydrogen-bond donors (Lipinski definition) is 2. The van der Waals surface area contributed by atoms with Crippen LogP contribution in [0.4, 0.5) is 4.39 Å². The summed E-state index contributed by atoms with van der Waals surface area (Å²) in [6.45, 7) is 1.97. The van der Waals surface area contributed by atoms with Crippen LogP contribution in [0, 0.1) is 12.7 Å². The lowest BCUT2D eigenvalue weighted by molar-refractivity contribution is -0.131. The van der Waals surface area contributed by atoms with Gasteiger partial charge in [-0.2, -0.15) is 5.10 Å². The van der Waals surface area contributed by atoms with Crippen LogP contribution in [-0.2, 0) is 24.3 Å². The van der Waals surface area contributed by atoms with Gasteiger partial charge in [-0.05, 0) is 41.8 Å². The van der Waals surface area contributed by atoms with Gasteiger partial charge >= 0.3 is 5.97 Å². The molecule has 2 N–H and O–H groups in total. The van der Waals surface area contributed by atoms with Crippen molar-refractivity contribution in [1.29, 1.82) is 0 Å². The molecule has 0 bridgehead atoms. The van der Waals surface area contributed by atoms with Crippen LogP contribution in [0.5, 0.6) is 5.75 Å². The number of hydrogen-bond acceptors (Lipinski definition) is 6. The number of benzene rings is 2. The minimum absolute atomic E-state index is 0.0456. The van der Waals surface area contributed by atoms with Gasteiger partial charge < -0.3 is 15.4 Å². The molecule has 2 aromatic carbocycles. The van der Waals surface area contributed by atoms with Crippen LogP contribution in [0.3, 0.4) is 0 Å². The fourth-order valence-corrected chi connectivity index (χ4v) is 3.78. The quantitative estimate of drug-likeness (QED) is 0.329. The van der Waals surface area contributed by atoms with Gasteiger partial charge in [0, 0.05) is 30.8 Å². The van der Waals surface area contributed by atoms with Crippen LogP contribution < -0.4 is 15.4 Å². The van der Waals surface area contributed by atoms with Crippen molar-refractivity contribution < 1.29 is 23.5 Å². The Balaban J connectivity index is 1.31. The predicted octanol–water partition coefficient (Wildman–Crippen LogP) is 2.50. The summed E-state index contributed by atoms with van der Waals surface area (Å²) in [7, 11) is 0. The Hall–Kier alpha value is -4.60. The standard InChI is InChI=1S/C25H20FN5O4/c1-14-2-3-16(9-18(14)26)13-28-25(34)20-11-19(30-22-6-7-29-31(20)22)24(33)27-12-15-4-5-21-17(8-15)10-23(32)35-21/h2-9,11H,10,12-13H2,1H3,(H,27,33)(H,28,34). The number of nitrogens with zero attached hydrogens (tertiary/aromatic N) is 3. The number of aryl methyl sites for hydroxylation is 1. The highest BCUT2D eigenvalue weighted by atomic mass is 19.1. The molecule has 0 spiro atoms. The fraction of sp³-hybridized carbons (Fsp3) is 0.160. The highest BCUT2D eigenvalue weighted by Gasteiger charge is 2.21. The zero-order valence-corrected chi connectivity index (χ0v) is 18.7. The Bertz CT molecular complexity index is 1500. The van der Waals surface area contributed by atoms with Gasteiger partial charge in [0.05, 0.1) is 12.6 Å². The molecule has 5 rings (SSSR count). The van der Waals surface area contributed by atoms with E-state index in [9.17, 15) is 18.8 Å². The highest BCUT2D eigenvalue weighted by molar-refractivity contribution is 5.98. The van der Waals surface area contributed by atoms with Gasteiger partial charge in [0.1, 0.15) is 23.0 Å². The van der Waals surface area contributed by atoms with E-state index in [0.29, 0.717) is 22.5 Å². The molecule has 1 aliphatic heterocycles. The van der Waals surface area contributed by atoms with E-state index < -0.39 is 11.8 Å². The van der Waals surface area contributed by atoms with Crippen molar-refractivity contribution in [3.05, 3.63) is 94.2 Å². The first kappa shape index (κ1) is 22.2. The Morgan fingerprint density at radius 1 is 1.03 bits per heavy atom. The molecule has 4 aromatic rings. The van der Waals surface area contributed by atoms with Crippen molar-refractivity contribution in [1.82, 2.24) is 25.2 Å². The number of rotatable bonds is 6. The summed E-state index contributed by atoms with van der Waals surface area (Å²) in [6, 6.07) is 12.9. The second kappa shape index (κ2) is 8.98. The lowest BCUT2D eigenvalue weighted by Gasteiger charge is -2.10. The molecule has 10 heteroatoms. The summed E-state index contributed by atoms with van der Waals surface area (Å²) in [5, 5.41) is 9.63. The molecule has 35 heavy (non-hydrogen) atoms. The van der Waals surface area contributed by atoms with Crippen molar-refractivity contribution in [3.63, 3.8) is 0 Å². The number of aromatic nitrogens is 3. The van der Waals surface area contributed by atoms with E-state index in [0.717, 1.165) is 11.1 Å². The summed E-state index contributed by atoms with van der Waals surface area (Å²) in [6.07, 6.45) is 1.67. The maximum Gasteiger partial charge on any atom is 0.315 e. The Kier molecular flexibility index (Phi) is 5.69. The monoisotopic (exact) mass is 473 g/mol. The third kappa shape index (κ3) is 4.58. The van der Waals surface area contributed by atoms with Crippen LogP contribution in [0.15, 0.2) is 54.7 Å². The minimum atomic E-state index is -0.487. The van der Waals surface area contributed by atoms with E-state index in [-0.39, 0.29) is 42.7 Å². The molecule has 9 nitrogen and oxygen atoms in total. The molecule has 0 atom stereocenters. The third-order valence-corrected chi connectivity index (χ3v) is 5.65. The van der Waals surface area contributed by atoms with Crippen LogP contribution >= 0.6 is 0 Å². The maximum atomic E-state index is 13.8. The summed E-state index contributed by atoms with van der Waals surface area (Å²) >= 11 is 0. The molecule has 3 heterocycles.